The first-order chi connectivity index (χ1) is 7.67. The summed E-state index contributed by atoms with van der Waals surface area (Å²) >= 11 is 3.48. The molecule has 3 nitrogen and oxygen atoms in total. The molecule has 1 atom stereocenters. The Hall–Kier alpha value is -0.870. The van der Waals surface area contributed by atoms with E-state index in [1.54, 1.807) is 0 Å². The predicted octanol–water partition coefficient (Wildman–Crippen LogP) is 2.40. The minimum Gasteiger partial charge on any atom is -0.330 e. The summed E-state index contributed by atoms with van der Waals surface area (Å²) in [6.07, 6.45) is 1.62. The predicted molar refractivity (Wildman–Crippen MR) is 68.6 cm³/mol. The van der Waals surface area contributed by atoms with Gasteiger partial charge in [0, 0.05) is 10.2 Å². The van der Waals surface area contributed by atoms with Crippen molar-refractivity contribution in [3.8, 4) is 0 Å². The molecule has 2 rings (SSSR count). The first-order valence-electron chi connectivity index (χ1n) is 5.50. The molecule has 1 amide bonds. The van der Waals surface area contributed by atoms with E-state index >= 15 is 0 Å². The van der Waals surface area contributed by atoms with Gasteiger partial charge < -0.3 is 11.1 Å². The van der Waals surface area contributed by atoms with E-state index in [2.05, 4.69) is 21.2 Å². The van der Waals surface area contributed by atoms with Crippen molar-refractivity contribution in [1.82, 2.24) is 0 Å². The maximum absolute atomic E-state index is 11.8. The van der Waals surface area contributed by atoms with E-state index in [4.69, 9.17) is 5.73 Å². The Bertz CT molecular complexity index is 431. The van der Waals surface area contributed by atoms with Crippen LogP contribution < -0.4 is 11.1 Å². The van der Waals surface area contributed by atoms with Crippen molar-refractivity contribution in [3.05, 3.63) is 27.7 Å². The lowest BCUT2D eigenvalue weighted by molar-refractivity contribution is -0.117. The molecule has 0 spiro atoms. The fourth-order valence-corrected chi connectivity index (χ4v) is 2.75. The lowest BCUT2D eigenvalue weighted by Crippen LogP contribution is -2.11. The molecule has 4 heteroatoms. The molecule has 3 N–H and O–H groups in total. The van der Waals surface area contributed by atoms with Crippen LogP contribution in [0.15, 0.2) is 16.6 Å². The number of fused-ring (bicyclic) bond motifs is 1. The second kappa shape index (κ2) is 4.55. The van der Waals surface area contributed by atoms with Crippen LogP contribution in [0.25, 0.3) is 0 Å². The van der Waals surface area contributed by atoms with Gasteiger partial charge in [-0.3, -0.25) is 4.79 Å². The number of hydrogen-bond donors (Lipinski definition) is 2. The van der Waals surface area contributed by atoms with Gasteiger partial charge in [-0.25, -0.2) is 0 Å². The Balaban J connectivity index is 2.50. The molecule has 0 fully saturated rings. The number of halogens is 1. The molecule has 0 aromatic heterocycles. The summed E-state index contributed by atoms with van der Waals surface area (Å²) < 4.78 is 1.02. The topological polar surface area (TPSA) is 55.1 Å². The SMILES string of the molecule is CCC1C(=O)Nc2c(CCN)cc(Br)cc21. The molecular weight excluding hydrogens is 268 g/mol. The van der Waals surface area contributed by atoms with E-state index in [0.717, 1.165) is 34.1 Å². The Morgan fingerprint density at radius 3 is 2.88 bits per heavy atom. The molecule has 0 saturated heterocycles. The van der Waals surface area contributed by atoms with E-state index in [1.807, 2.05) is 19.1 Å². The third-order valence-corrected chi connectivity index (χ3v) is 3.44. The van der Waals surface area contributed by atoms with Gasteiger partial charge in [0.15, 0.2) is 0 Å². The molecule has 1 unspecified atom stereocenters. The number of amides is 1. The molecule has 0 aliphatic carbocycles. The number of nitrogens with one attached hydrogen (secondary N) is 1. The summed E-state index contributed by atoms with van der Waals surface area (Å²) in [5.41, 5.74) is 8.78. The van der Waals surface area contributed by atoms with Gasteiger partial charge in [0.1, 0.15) is 0 Å². The van der Waals surface area contributed by atoms with Crippen LogP contribution in [0.3, 0.4) is 0 Å². The zero-order valence-electron chi connectivity index (χ0n) is 9.22. The van der Waals surface area contributed by atoms with Crippen molar-refractivity contribution in [2.24, 2.45) is 5.73 Å². The minimum absolute atomic E-state index is 0.0102. The van der Waals surface area contributed by atoms with Gasteiger partial charge >= 0.3 is 0 Å². The summed E-state index contributed by atoms with van der Waals surface area (Å²) in [7, 11) is 0. The molecular formula is C12H15BrN2O. The summed E-state index contributed by atoms with van der Waals surface area (Å²) in [6, 6.07) is 4.06. The smallest absolute Gasteiger partial charge is 0.232 e. The number of anilines is 1. The molecule has 0 saturated carbocycles. The third-order valence-electron chi connectivity index (χ3n) is 2.98. The van der Waals surface area contributed by atoms with Crippen LogP contribution in [0.4, 0.5) is 5.69 Å². The van der Waals surface area contributed by atoms with Crippen molar-refractivity contribution in [2.45, 2.75) is 25.7 Å². The highest BCUT2D eigenvalue weighted by molar-refractivity contribution is 9.10. The number of rotatable bonds is 3. The number of hydrogen-bond acceptors (Lipinski definition) is 2. The van der Waals surface area contributed by atoms with Crippen LogP contribution in [0, 0.1) is 0 Å². The second-order valence-corrected chi connectivity index (χ2v) is 4.93. The Morgan fingerprint density at radius 2 is 2.25 bits per heavy atom. The van der Waals surface area contributed by atoms with Crippen molar-refractivity contribution in [3.63, 3.8) is 0 Å². The van der Waals surface area contributed by atoms with Crippen LogP contribution in [0.1, 0.15) is 30.4 Å². The maximum atomic E-state index is 11.8. The average Bonchev–Trinajstić information content (AvgIpc) is 2.54. The second-order valence-electron chi connectivity index (χ2n) is 4.02. The van der Waals surface area contributed by atoms with Gasteiger partial charge in [0.2, 0.25) is 5.91 Å². The summed E-state index contributed by atoms with van der Waals surface area (Å²) in [6.45, 7) is 2.62. The summed E-state index contributed by atoms with van der Waals surface area (Å²) in [4.78, 5) is 11.8. The zero-order valence-corrected chi connectivity index (χ0v) is 10.8. The number of carbonyl (C=O) groups is 1. The van der Waals surface area contributed by atoms with Gasteiger partial charge in [-0.15, -0.1) is 0 Å². The third kappa shape index (κ3) is 1.87. The molecule has 1 aromatic rings. The molecule has 16 heavy (non-hydrogen) atoms. The molecule has 86 valence electrons. The van der Waals surface area contributed by atoms with Gasteiger partial charge in [-0.05, 0) is 42.6 Å². The van der Waals surface area contributed by atoms with Crippen LogP contribution in [0.2, 0.25) is 0 Å². The van der Waals surface area contributed by atoms with Gasteiger partial charge in [-0.2, -0.15) is 0 Å². The standard InChI is InChI=1S/C12H15BrN2O/c1-2-9-10-6-8(13)5-7(3-4-14)11(10)15-12(9)16/h5-6,9H,2-4,14H2,1H3,(H,15,16). The molecule has 1 heterocycles. The normalized spacial score (nSPS) is 18.4. The van der Waals surface area contributed by atoms with Crippen molar-refractivity contribution in [1.29, 1.82) is 0 Å². The molecule has 1 aliphatic heterocycles. The minimum atomic E-state index is -0.0102. The van der Waals surface area contributed by atoms with Crippen molar-refractivity contribution >= 4 is 27.5 Å². The first kappa shape index (κ1) is 11.6. The lowest BCUT2D eigenvalue weighted by Gasteiger charge is -2.09. The highest BCUT2D eigenvalue weighted by Gasteiger charge is 2.30. The average molecular weight is 283 g/mol. The molecule has 0 radical (unpaired) electrons. The Kier molecular flexibility index (Phi) is 3.30. The number of benzene rings is 1. The Morgan fingerprint density at radius 1 is 1.50 bits per heavy atom. The molecule has 1 aliphatic rings. The lowest BCUT2D eigenvalue weighted by atomic mass is 9.95. The summed E-state index contributed by atoms with van der Waals surface area (Å²) in [5.74, 6) is 0.0953. The Labute approximate surface area is 104 Å². The number of carbonyl (C=O) groups excluding carboxylic acids is 1. The van der Waals surface area contributed by atoms with E-state index in [1.165, 1.54) is 0 Å². The van der Waals surface area contributed by atoms with E-state index in [-0.39, 0.29) is 11.8 Å². The largest absolute Gasteiger partial charge is 0.330 e. The quantitative estimate of drug-likeness (QED) is 0.895. The van der Waals surface area contributed by atoms with Crippen LogP contribution in [-0.2, 0) is 11.2 Å². The molecule has 0 bridgehead atoms. The van der Waals surface area contributed by atoms with E-state index < -0.39 is 0 Å². The molecule has 1 aromatic carbocycles. The fourth-order valence-electron chi connectivity index (χ4n) is 2.22. The monoisotopic (exact) mass is 282 g/mol. The van der Waals surface area contributed by atoms with Crippen molar-refractivity contribution in [2.75, 3.05) is 11.9 Å². The van der Waals surface area contributed by atoms with Gasteiger partial charge in [0.05, 0.1) is 5.92 Å². The van der Waals surface area contributed by atoms with E-state index in [0.29, 0.717) is 6.54 Å². The van der Waals surface area contributed by atoms with E-state index in [9.17, 15) is 4.79 Å². The highest BCUT2D eigenvalue weighted by Crippen LogP contribution is 2.39. The summed E-state index contributed by atoms with van der Waals surface area (Å²) in [5, 5.41) is 2.96. The number of nitrogens with two attached hydrogens (primary N) is 1. The van der Waals surface area contributed by atoms with Gasteiger partial charge in [-0.1, -0.05) is 22.9 Å². The van der Waals surface area contributed by atoms with Crippen LogP contribution in [0.5, 0.6) is 0 Å². The van der Waals surface area contributed by atoms with Crippen molar-refractivity contribution < 1.29 is 4.79 Å². The zero-order chi connectivity index (χ0) is 11.7. The maximum Gasteiger partial charge on any atom is 0.232 e. The van der Waals surface area contributed by atoms with Crippen LogP contribution in [-0.4, -0.2) is 12.5 Å². The highest BCUT2D eigenvalue weighted by atomic mass is 79.9. The van der Waals surface area contributed by atoms with Gasteiger partial charge in [0.25, 0.3) is 0 Å². The van der Waals surface area contributed by atoms with Crippen LogP contribution >= 0.6 is 15.9 Å². The fraction of sp³-hybridized carbons (Fsp3) is 0.417. The first-order valence-corrected chi connectivity index (χ1v) is 6.30.